The van der Waals surface area contributed by atoms with Crippen LogP contribution in [0.15, 0.2) is 29.5 Å². The minimum Gasteiger partial charge on any atom is -0.369 e. The summed E-state index contributed by atoms with van der Waals surface area (Å²) in [6.45, 7) is 7.64. The van der Waals surface area contributed by atoms with Gasteiger partial charge in [-0.2, -0.15) is 5.26 Å². The first-order valence-electron chi connectivity index (χ1n) is 7.40. The van der Waals surface area contributed by atoms with Gasteiger partial charge in [-0.05, 0) is 37.0 Å². The highest BCUT2D eigenvalue weighted by Crippen LogP contribution is 2.18. The Morgan fingerprint density at radius 1 is 1.36 bits per heavy atom. The van der Waals surface area contributed by atoms with Crippen LogP contribution in [-0.2, 0) is 11.2 Å². The third kappa shape index (κ3) is 4.29. The number of hydrogen-bond donors (Lipinski definition) is 1. The fourth-order valence-electron chi connectivity index (χ4n) is 2.27. The van der Waals surface area contributed by atoms with Crippen LogP contribution in [0.25, 0.3) is 0 Å². The first-order valence-corrected chi connectivity index (χ1v) is 7.40. The van der Waals surface area contributed by atoms with Gasteiger partial charge in [0.25, 0.3) is 0 Å². The highest BCUT2D eigenvalue weighted by Gasteiger charge is 2.19. The molecule has 0 bridgehead atoms. The van der Waals surface area contributed by atoms with Gasteiger partial charge < -0.3 is 5.32 Å². The monoisotopic (exact) mass is 298 g/mol. The SMILES string of the molecule is CCc1cc(C)cc(C(=O)/C(NCC#N)=C(/C=O)C(C)C)c1. The Morgan fingerprint density at radius 2 is 2.05 bits per heavy atom. The van der Waals surface area contributed by atoms with Gasteiger partial charge in [0.2, 0.25) is 5.78 Å². The van der Waals surface area contributed by atoms with Crippen molar-refractivity contribution in [3.05, 3.63) is 46.2 Å². The predicted octanol–water partition coefficient (Wildman–Crippen LogP) is 2.96. The number of rotatable bonds is 7. The molecule has 22 heavy (non-hydrogen) atoms. The first-order chi connectivity index (χ1) is 10.4. The molecule has 1 rings (SSSR count). The zero-order valence-electron chi connectivity index (χ0n) is 13.6. The minimum atomic E-state index is -0.246. The molecule has 4 nitrogen and oxygen atoms in total. The third-order valence-electron chi connectivity index (χ3n) is 3.42. The normalized spacial score (nSPS) is 11.6. The number of allylic oxidation sites excluding steroid dienone is 2. The number of nitriles is 1. The van der Waals surface area contributed by atoms with Crippen molar-refractivity contribution < 1.29 is 9.59 Å². The van der Waals surface area contributed by atoms with Gasteiger partial charge in [0.15, 0.2) is 0 Å². The largest absolute Gasteiger partial charge is 0.369 e. The Balaban J connectivity index is 3.37. The van der Waals surface area contributed by atoms with Gasteiger partial charge >= 0.3 is 0 Å². The summed E-state index contributed by atoms with van der Waals surface area (Å²) < 4.78 is 0. The smallest absolute Gasteiger partial charge is 0.209 e. The summed E-state index contributed by atoms with van der Waals surface area (Å²) in [6.07, 6.45) is 1.52. The highest BCUT2D eigenvalue weighted by molar-refractivity contribution is 6.11. The van der Waals surface area contributed by atoms with E-state index in [0.717, 1.165) is 17.5 Å². The number of carbonyl (C=O) groups is 2. The number of carbonyl (C=O) groups excluding carboxylic acids is 2. The molecule has 0 spiro atoms. The maximum Gasteiger partial charge on any atom is 0.209 e. The molecule has 0 amide bonds. The van der Waals surface area contributed by atoms with E-state index in [2.05, 4.69) is 5.32 Å². The van der Waals surface area contributed by atoms with E-state index in [1.165, 1.54) is 0 Å². The van der Waals surface area contributed by atoms with Crippen LogP contribution in [0, 0.1) is 24.2 Å². The Kier molecular flexibility index (Phi) is 6.52. The third-order valence-corrected chi connectivity index (χ3v) is 3.42. The Bertz CT molecular complexity index is 637. The average Bonchev–Trinajstić information content (AvgIpc) is 2.49. The van der Waals surface area contributed by atoms with Crippen molar-refractivity contribution in [2.75, 3.05) is 6.54 Å². The van der Waals surface area contributed by atoms with Crippen molar-refractivity contribution in [3.63, 3.8) is 0 Å². The first kappa shape index (κ1) is 17.6. The lowest BCUT2D eigenvalue weighted by molar-refractivity contribution is -0.105. The van der Waals surface area contributed by atoms with Crippen LogP contribution >= 0.6 is 0 Å². The standard InChI is InChI=1S/C18H22N2O2/c1-5-14-8-13(4)9-15(10-14)18(22)17(20-7-6-19)16(11-21)12(2)3/h8-12,20H,5,7H2,1-4H3/b17-16+. The molecule has 1 N–H and O–H groups in total. The molecule has 1 aromatic carbocycles. The molecule has 0 fully saturated rings. The molecule has 0 unspecified atom stereocenters. The zero-order chi connectivity index (χ0) is 16.7. The van der Waals surface area contributed by atoms with Crippen molar-refractivity contribution in [3.8, 4) is 6.07 Å². The zero-order valence-corrected chi connectivity index (χ0v) is 13.6. The van der Waals surface area contributed by atoms with Gasteiger partial charge in [0, 0.05) is 11.1 Å². The fourth-order valence-corrected chi connectivity index (χ4v) is 2.27. The lowest BCUT2D eigenvalue weighted by Crippen LogP contribution is -2.25. The van der Waals surface area contributed by atoms with E-state index in [-0.39, 0.29) is 23.9 Å². The second-order valence-electron chi connectivity index (χ2n) is 5.50. The van der Waals surface area contributed by atoms with E-state index in [0.29, 0.717) is 17.4 Å². The van der Waals surface area contributed by atoms with Crippen LogP contribution in [0.3, 0.4) is 0 Å². The van der Waals surface area contributed by atoms with Crippen molar-refractivity contribution in [1.82, 2.24) is 5.32 Å². The van der Waals surface area contributed by atoms with Crippen LogP contribution in [0.4, 0.5) is 0 Å². The van der Waals surface area contributed by atoms with E-state index in [9.17, 15) is 9.59 Å². The van der Waals surface area contributed by atoms with Crippen molar-refractivity contribution in [2.45, 2.75) is 34.1 Å². The topological polar surface area (TPSA) is 70.0 Å². The lowest BCUT2D eigenvalue weighted by Gasteiger charge is -2.14. The molecule has 0 saturated carbocycles. The summed E-state index contributed by atoms with van der Waals surface area (Å²) >= 11 is 0. The molecule has 0 aromatic heterocycles. The number of aryl methyl sites for hydroxylation is 2. The Morgan fingerprint density at radius 3 is 2.55 bits per heavy atom. The molecule has 0 aliphatic rings. The van der Waals surface area contributed by atoms with Gasteiger partial charge in [0.05, 0.1) is 11.8 Å². The second kappa shape index (κ2) is 8.14. The van der Waals surface area contributed by atoms with Crippen molar-refractivity contribution in [1.29, 1.82) is 5.26 Å². The number of benzene rings is 1. The van der Waals surface area contributed by atoms with Crippen LogP contribution in [0.2, 0.25) is 0 Å². The number of hydrogen-bond acceptors (Lipinski definition) is 4. The maximum absolute atomic E-state index is 12.8. The van der Waals surface area contributed by atoms with Crippen LogP contribution in [0.1, 0.15) is 42.3 Å². The predicted molar refractivity (Wildman–Crippen MR) is 86.4 cm³/mol. The fraction of sp³-hybridized carbons (Fsp3) is 0.389. The van der Waals surface area contributed by atoms with E-state index in [1.54, 1.807) is 6.07 Å². The molecule has 1 aromatic rings. The minimum absolute atomic E-state index is 0.0163. The molecule has 0 aliphatic heterocycles. The maximum atomic E-state index is 12.8. The van der Waals surface area contributed by atoms with E-state index < -0.39 is 0 Å². The summed E-state index contributed by atoms with van der Waals surface area (Å²) in [4.78, 5) is 24.1. The summed E-state index contributed by atoms with van der Waals surface area (Å²) in [5, 5.41) is 11.5. The quantitative estimate of drug-likeness (QED) is 0.363. The molecule has 0 radical (unpaired) electrons. The molecule has 0 aliphatic carbocycles. The highest BCUT2D eigenvalue weighted by atomic mass is 16.1. The summed E-state index contributed by atoms with van der Waals surface area (Å²) in [5.41, 5.74) is 3.22. The Labute approximate surface area is 131 Å². The van der Waals surface area contributed by atoms with Gasteiger partial charge in [-0.1, -0.05) is 32.4 Å². The number of Topliss-reactive ketones (excluding diaryl/α,β-unsaturated/α-hetero) is 1. The number of ketones is 1. The van der Waals surface area contributed by atoms with Crippen molar-refractivity contribution in [2.24, 2.45) is 5.92 Å². The summed E-state index contributed by atoms with van der Waals surface area (Å²) in [7, 11) is 0. The molecule has 0 heterocycles. The molecule has 116 valence electrons. The van der Waals surface area contributed by atoms with Gasteiger partial charge in [-0.15, -0.1) is 0 Å². The van der Waals surface area contributed by atoms with Crippen LogP contribution in [-0.4, -0.2) is 18.6 Å². The number of nitrogens with zero attached hydrogens (tertiary/aromatic N) is 1. The van der Waals surface area contributed by atoms with Crippen LogP contribution < -0.4 is 5.32 Å². The molecule has 0 saturated heterocycles. The second-order valence-corrected chi connectivity index (χ2v) is 5.50. The lowest BCUT2D eigenvalue weighted by atomic mass is 9.95. The summed E-state index contributed by atoms with van der Waals surface area (Å²) in [5.74, 6) is -0.345. The molecule has 0 atom stereocenters. The number of aldehydes is 1. The Hall–Kier alpha value is -2.41. The van der Waals surface area contributed by atoms with Crippen LogP contribution in [0.5, 0.6) is 0 Å². The molecule has 4 heteroatoms. The molecular formula is C18H22N2O2. The summed E-state index contributed by atoms with van der Waals surface area (Å²) in [6, 6.07) is 7.62. The molecular weight excluding hydrogens is 276 g/mol. The van der Waals surface area contributed by atoms with E-state index in [4.69, 9.17) is 5.26 Å². The van der Waals surface area contributed by atoms with Gasteiger partial charge in [-0.3, -0.25) is 9.59 Å². The van der Waals surface area contributed by atoms with Gasteiger partial charge in [0.1, 0.15) is 12.8 Å². The number of nitrogens with one attached hydrogen (secondary N) is 1. The van der Waals surface area contributed by atoms with E-state index >= 15 is 0 Å². The van der Waals surface area contributed by atoms with Gasteiger partial charge in [-0.25, -0.2) is 0 Å². The van der Waals surface area contributed by atoms with Crippen molar-refractivity contribution >= 4 is 12.1 Å². The van der Waals surface area contributed by atoms with E-state index in [1.807, 2.05) is 45.9 Å². The average molecular weight is 298 g/mol.